The Hall–Kier alpha value is -1.26. The number of nitrogens with one attached hydrogen (secondary N) is 1. The lowest BCUT2D eigenvalue weighted by molar-refractivity contribution is -0.114. The summed E-state index contributed by atoms with van der Waals surface area (Å²) in [5.74, 6) is 3.31. The van der Waals surface area contributed by atoms with Gasteiger partial charge < -0.3 is 10.2 Å². The summed E-state index contributed by atoms with van der Waals surface area (Å²) in [7, 11) is 4.25. The van der Waals surface area contributed by atoms with E-state index in [4.69, 9.17) is 0 Å². The van der Waals surface area contributed by atoms with Crippen molar-refractivity contribution in [2.75, 3.05) is 32.1 Å². The van der Waals surface area contributed by atoms with Crippen molar-refractivity contribution < 1.29 is 4.79 Å². The summed E-state index contributed by atoms with van der Waals surface area (Å²) in [6.07, 6.45) is 4.52. The highest BCUT2D eigenvalue weighted by Crippen LogP contribution is 2.46. The first-order valence-electron chi connectivity index (χ1n) is 9.83. The van der Waals surface area contributed by atoms with Crippen molar-refractivity contribution in [3.05, 3.63) is 41.6 Å². The lowest BCUT2D eigenvalue weighted by Crippen LogP contribution is -2.47. The minimum Gasteiger partial charge on any atom is -0.394 e. The Morgan fingerprint density at radius 3 is 2.77 bits per heavy atom. The van der Waals surface area contributed by atoms with Crippen LogP contribution >= 0.6 is 11.8 Å². The Kier molecular flexibility index (Phi) is 8.23. The van der Waals surface area contributed by atoms with Crippen LogP contribution in [0.2, 0.25) is 0 Å². The zero-order chi connectivity index (χ0) is 19.1. The maximum atomic E-state index is 11.2. The second-order valence-electron chi connectivity index (χ2n) is 7.18. The van der Waals surface area contributed by atoms with Crippen LogP contribution in [0.4, 0.5) is 0 Å². The van der Waals surface area contributed by atoms with Crippen LogP contribution < -0.4 is 5.32 Å². The third-order valence-electron chi connectivity index (χ3n) is 5.28. The number of carbonyl (C=O) groups is 1. The number of Topliss-reactive ketones (excluding diaryl/α,β-unsaturated/α-hetero) is 1. The van der Waals surface area contributed by atoms with Crippen molar-refractivity contribution in [2.24, 2.45) is 5.92 Å². The SMILES string of the molecule is CC.CN/C=C1/CC2C(CC(CSCC(C)=O)CN2C)c2ccccc21. The molecular formula is C22H34N2OS. The molecule has 1 aliphatic carbocycles. The molecule has 0 saturated carbocycles. The van der Waals surface area contributed by atoms with Gasteiger partial charge in [-0.1, -0.05) is 38.1 Å². The second kappa shape index (κ2) is 10.2. The molecule has 3 nitrogen and oxygen atoms in total. The molecule has 4 heteroatoms. The lowest BCUT2D eigenvalue weighted by Gasteiger charge is -2.47. The number of likely N-dealkylation sites (N-methyl/N-ethyl adjacent to an activating group) is 1. The Morgan fingerprint density at radius 2 is 2.08 bits per heavy atom. The fourth-order valence-corrected chi connectivity index (χ4v) is 5.30. The number of nitrogens with zero attached hydrogens (tertiary/aromatic N) is 1. The molecule has 3 unspecified atom stereocenters. The first-order chi connectivity index (χ1) is 12.6. The number of hydrogen-bond donors (Lipinski definition) is 1. The van der Waals surface area contributed by atoms with Crippen LogP contribution in [0, 0.1) is 5.92 Å². The van der Waals surface area contributed by atoms with Gasteiger partial charge in [0.15, 0.2) is 0 Å². The largest absolute Gasteiger partial charge is 0.394 e. The van der Waals surface area contributed by atoms with Gasteiger partial charge in [0.2, 0.25) is 0 Å². The molecule has 144 valence electrons. The first-order valence-corrected chi connectivity index (χ1v) is 11.0. The van der Waals surface area contributed by atoms with Crippen LogP contribution in [-0.4, -0.2) is 48.9 Å². The molecule has 3 atom stereocenters. The predicted octanol–water partition coefficient (Wildman–Crippen LogP) is 4.40. The Morgan fingerprint density at radius 1 is 1.35 bits per heavy atom. The third-order valence-corrected chi connectivity index (χ3v) is 6.59. The average Bonchev–Trinajstić information content (AvgIpc) is 2.64. The monoisotopic (exact) mass is 374 g/mol. The van der Waals surface area contributed by atoms with E-state index in [1.165, 1.54) is 23.1 Å². The highest BCUT2D eigenvalue weighted by atomic mass is 32.2. The third kappa shape index (κ3) is 4.92. The van der Waals surface area contributed by atoms with Crippen molar-refractivity contribution in [3.63, 3.8) is 0 Å². The van der Waals surface area contributed by atoms with Crippen molar-refractivity contribution in [3.8, 4) is 0 Å². The molecule has 1 heterocycles. The molecule has 2 aliphatic rings. The van der Waals surface area contributed by atoms with Crippen LogP contribution in [0.1, 0.15) is 50.7 Å². The van der Waals surface area contributed by atoms with E-state index in [2.05, 4.69) is 47.7 Å². The van der Waals surface area contributed by atoms with Crippen LogP contribution in [-0.2, 0) is 4.79 Å². The number of ketones is 1. The van der Waals surface area contributed by atoms with Gasteiger partial charge in [0.05, 0.1) is 5.75 Å². The Bertz CT molecular complexity index is 628. The van der Waals surface area contributed by atoms with Crippen molar-refractivity contribution in [1.29, 1.82) is 0 Å². The van der Waals surface area contributed by atoms with Gasteiger partial charge in [0.1, 0.15) is 5.78 Å². The molecule has 1 N–H and O–H groups in total. The van der Waals surface area contributed by atoms with Crippen molar-refractivity contribution in [1.82, 2.24) is 10.2 Å². The summed E-state index contributed by atoms with van der Waals surface area (Å²) in [5, 5.41) is 3.22. The molecule has 1 fully saturated rings. The molecule has 0 bridgehead atoms. The van der Waals surface area contributed by atoms with E-state index in [0.717, 1.165) is 18.7 Å². The highest BCUT2D eigenvalue weighted by molar-refractivity contribution is 7.99. The predicted molar refractivity (Wildman–Crippen MR) is 115 cm³/mol. The summed E-state index contributed by atoms with van der Waals surface area (Å²) in [6.45, 7) is 6.82. The fraction of sp³-hybridized carbons (Fsp3) is 0.591. The molecule has 1 saturated heterocycles. The Balaban J connectivity index is 0.00000117. The molecular weight excluding hydrogens is 340 g/mol. The lowest BCUT2D eigenvalue weighted by atomic mass is 9.70. The molecule has 1 aliphatic heterocycles. The molecule has 0 aromatic heterocycles. The number of likely N-dealkylation sites (tertiary alicyclic amines) is 1. The van der Waals surface area contributed by atoms with Gasteiger partial charge in [-0.25, -0.2) is 0 Å². The summed E-state index contributed by atoms with van der Waals surface area (Å²) in [6, 6.07) is 9.49. The number of fused-ring (bicyclic) bond motifs is 3. The summed E-state index contributed by atoms with van der Waals surface area (Å²) in [5.41, 5.74) is 4.34. The van der Waals surface area contributed by atoms with Crippen LogP contribution in [0.25, 0.3) is 5.57 Å². The van der Waals surface area contributed by atoms with E-state index in [-0.39, 0.29) is 5.78 Å². The standard InChI is InChI=1S/C20H28N2OS.C2H6/c1-14(23)12-24-13-15-8-19-18-7-5-4-6-17(18)16(10-21-2)9-20(19)22(3)11-15;1-2/h4-7,10,15,19-21H,8-9,11-13H2,1-3H3;1-2H3/b16-10-;. The highest BCUT2D eigenvalue weighted by Gasteiger charge is 2.39. The molecule has 0 radical (unpaired) electrons. The van der Waals surface area contributed by atoms with Crippen LogP contribution in [0.5, 0.6) is 0 Å². The minimum atomic E-state index is 0.284. The normalized spacial score (nSPS) is 26.3. The number of piperidine rings is 1. The maximum absolute atomic E-state index is 11.2. The number of hydrogen-bond acceptors (Lipinski definition) is 4. The van der Waals surface area contributed by atoms with E-state index in [1.54, 1.807) is 18.7 Å². The molecule has 0 spiro atoms. The number of rotatable bonds is 5. The summed E-state index contributed by atoms with van der Waals surface area (Å²) < 4.78 is 0. The molecule has 1 aromatic rings. The van der Waals surface area contributed by atoms with Crippen molar-refractivity contribution in [2.45, 2.75) is 45.6 Å². The molecule has 26 heavy (non-hydrogen) atoms. The van der Waals surface area contributed by atoms with E-state index in [0.29, 0.717) is 23.6 Å². The maximum Gasteiger partial charge on any atom is 0.139 e. The summed E-state index contributed by atoms with van der Waals surface area (Å²) >= 11 is 1.80. The van der Waals surface area contributed by atoms with Crippen molar-refractivity contribution >= 4 is 23.1 Å². The molecule has 1 aromatic carbocycles. The molecule has 0 amide bonds. The average molecular weight is 375 g/mol. The van der Waals surface area contributed by atoms with Gasteiger partial charge in [-0.3, -0.25) is 4.79 Å². The topological polar surface area (TPSA) is 32.3 Å². The van der Waals surface area contributed by atoms with Gasteiger partial charge in [0.25, 0.3) is 0 Å². The van der Waals surface area contributed by atoms with E-state index in [1.807, 2.05) is 20.9 Å². The first kappa shape index (κ1) is 21.0. The van der Waals surface area contributed by atoms with Gasteiger partial charge in [0, 0.05) is 31.8 Å². The smallest absolute Gasteiger partial charge is 0.139 e. The van der Waals surface area contributed by atoms with Crippen LogP contribution in [0.15, 0.2) is 30.5 Å². The second-order valence-corrected chi connectivity index (χ2v) is 8.21. The zero-order valence-corrected chi connectivity index (χ0v) is 17.7. The minimum absolute atomic E-state index is 0.284. The fourth-order valence-electron chi connectivity index (χ4n) is 4.32. The number of thioether (sulfide) groups is 1. The molecule has 3 rings (SSSR count). The van der Waals surface area contributed by atoms with E-state index < -0.39 is 0 Å². The number of carbonyl (C=O) groups excluding carboxylic acids is 1. The van der Waals surface area contributed by atoms with E-state index >= 15 is 0 Å². The summed E-state index contributed by atoms with van der Waals surface area (Å²) in [4.78, 5) is 13.7. The van der Waals surface area contributed by atoms with Gasteiger partial charge in [-0.15, -0.1) is 0 Å². The zero-order valence-electron chi connectivity index (χ0n) is 16.9. The Labute approximate surface area is 163 Å². The van der Waals surface area contributed by atoms with E-state index in [9.17, 15) is 4.79 Å². The van der Waals surface area contributed by atoms with Gasteiger partial charge >= 0.3 is 0 Å². The number of benzene rings is 1. The van der Waals surface area contributed by atoms with Gasteiger partial charge in [-0.05, 0) is 55.2 Å². The van der Waals surface area contributed by atoms with Gasteiger partial charge in [-0.2, -0.15) is 11.8 Å². The van der Waals surface area contributed by atoms with Crippen LogP contribution in [0.3, 0.4) is 0 Å². The quantitative estimate of drug-likeness (QED) is 0.828.